The number of nitrogens with zero attached hydrogens (tertiary/aromatic N) is 2. The number of rotatable bonds is 4. The van der Waals surface area contributed by atoms with E-state index >= 15 is 0 Å². The number of pyridine rings is 1. The molecule has 0 amide bonds. The summed E-state index contributed by atoms with van der Waals surface area (Å²) in [4.78, 5) is 4.51. The minimum absolute atomic E-state index is 0.0578. The molecule has 0 spiro atoms. The third kappa shape index (κ3) is 2.78. The van der Waals surface area contributed by atoms with E-state index in [2.05, 4.69) is 15.5 Å². The van der Waals surface area contributed by atoms with Crippen molar-refractivity contribution in [2.24, 2.45) is 5.10 Å². The molecule has 2 aromatic heterocycles. The molecule has 1 atom stereocenters. The third-order valence-electron chi connectivity index (χ3n) is 4.23. The molecule has 25 heavy (non-hydrogen) atoms. The first-order valence-corrected chi connectivity index (χ1v) is 8.15. The maximum Gasteiger partial charge on any atom is 0.162 e. The Morgan fingerprint density at radius 1 is 1.20 bits per heavy atom. The van der Waals surface area contributed by atoms with Crippen LogP contribution in [0.4, 0.5) is 0 Å². The van der Waals surface area contributed by atoms with Gasteiger partial charge in [0.2, 0.25) is 0 Å². The summed E-state index contributed by atoms with van der Waals surface area (Å²) in [6, 6.07) is 9.39. The number of fused-ring (bicyclic) bond motifs is 1. The highest BCUT2D eigenvalue weighted by Crippen LogP contribution is 2.36. The number of aromatic nitrogens is 1. The summed E-state index contributed by atoms with van der Waals surface area (Å²) in [6.45, 7) is 0. The molecular weight excluding hydrogens is 342 g/mol. The van der Waals surface area contributed by atoms with Gasteiger partial charge in [-0.15, -0.1) is 0 Å². The Balaban J connectivity index is 1.70. The van der Waals surface area contributed by atoms with Gasteiger partial charge in [-0.05, 0) is 24.3 Å². The molecule has 6 nitrogen and oxygen atoms in total. The maximum atomic E-state index is 6.43. The van der Waals surface area contributed by atoms with Crippen LogP contribution in [0, 0.1) is 0 Å². The second-order valence-electron chi connectivity index (χ2n) is 5.69. The molecule has 1 unspecified atom stereocenters. The molecule has 1 N–H and O–H groups in total. The van der Waals surface area contributed by atoms with Gasteiger partial charge in [0.15, 0.2) is 11.5 Å². The standard InChI is InChI=1S/C18H16ClN3O3/c1-23-16-7-10-6-11(18(19)20-12(10)9-17(16)24-2)13-8-14(22-21-13)15-4-3-5-25-15/h3-7,9,13,21H,8H2,1-2H3. The van der Waals surface area contributed by atoms with Crippen LogP contribution in [0.5, 0.6) is 11.5 Å². The van der Waals surface area contributed by atoms with Gasteiger partial charge in [0.25, 0.3) is 0 Å². The van der Waals surface area contributed by atoms with Crippen molar-refractivity contribution in [1.82, 2.24) is 10.4 Å². The van der Waals surface area contributed by atoms with Crippen LogP contribution in [-0.4, -0.2) is 24.9 Å². The predicted molar refractivity (Wildman–Crippen MR) is 95.6 cm³/mol. The third-order valence-corrected chi connectivity index (χ3v) is 4.54. The zero-order chi connectivity index (χ0) is 17.4. The molecule has 3 aromatic rings. The molecule has 1 aliphatic heterocycles. The number of halogens is 1. The second kappa shape index (κ2) is 6.29. The van der Waals surface area contributed by atoms with E-state index < -0.39 is 0 Å². The Bertz CT molecular complexity index is 954. The summed E-state index contributed by atoms with van der Waals surface area (Å²) >= 11 is 6.43. The summed E-state index contributed by atoms with van der Waals surface area (Å²) in [5.41, 5.74) is 5.60. The summed E-state index contributed by atoms with van der Waals surface area (Å²) in [6.07, 6.45) is 2.31. The maximum absolute atomic E-state index is 6.43. The van der Waals surface area contributed by atoms with Gasteiger partial charge in [-0.3, -0.25) is 0 Å². The summed E-state index contributed by atoms with van der Waals surface area (Å²) in [5, 5.41) is 5.72. The van der Waals surface area contributed by atoms with Gasteiger partial charge in [0.1, 0.15) is 16.6 Å². The van der Waals surface area contributed by atoms with Crippen LogP contribution in [0.15, 0.2) is 46.1 Å². The monoisotopic (exact) mass is 357 g/mol. The minimum Gasteiger partial charge on any atom is -0.493 e. The lowest BCUT2D eigenvalue weighted by Crippen LogP contribution is -2.11. The van der Waals surface area contributed by atoms with E-state index in [0.717, 1.165) is 27.9 Å². The van der Waals surface area contributed by atoms with Crippen molar-refractivity contribution < 1.29 is 13.9 Å². The predicted octanol–water partition coefficient (Wildman–Crippen LogP) is 3.94. The highest BCUT2D eigenvalue weighted by atomic mass is 35.5. The lowest BCUT2D eigenvalue weighted by Gasteiger charge is -2.14. The van der Waals surface area contributed by atoms with E-state index in [1.54, 1.807) is 20.5 Å². The Kier molecular flexibility index (Phi) is 3.97. The fraction of sp³-hybridized carbons (Fsp3) is 0.222. The first kappa shape index (κ1) is 15.8. The lowest BCUT2D eigenvalue weighted by atomic mass is 10.0. The molecular formula is C18H16ClN3O3. The number of nitrogens with one attached hydrogen (secondary N) is 1. The van der Waals surface area contributed by atoms with Crippen molar-refractivity contribution in [2.75, 3.05) is 14.2 Å². The van der Waals surface area contributed by atoms with Crippen molar-refractivity contribution in [3.63, 3.8) is 0 Å². The number of furan rings is 1. The van der Waals surface area contributed by atoms with Crippen molar-refractivity contribution in [3.05, 3.63) is 53.1 Å². The first-order valence-electron chi connectivity index (χ1n) is 7.77. The van der Waals surface area contributed by atoms with Crippen LogP contribution in [0.25, 0.3) is 10.9 Å². The Hall–Kier alpha value is -2.73. The van der Waals surface area contributed by atoms with Crippen LogP contribution < -0.4 is 14.9 Å². The topological polar surface area (TPSA) is 68.9 Å². The average Bonchev–Trinajstić information content (AvgIpc) is 3.31. The van der Waals surface area contributed by atoms with E-state index in [9.17, 15) is 0 Å². The van der Waals surface area contributed by atoms with E-state index in [-0.39, 0.29) is 6.04 Å². The number of ether oxygens (including phenoxy) is 2. The zero-order valence-electron chi connectivity index (χ0n) is 13.7. The number of hydrogen-bond acceptors (Lipinski definition) is 6. The van der Waals surface area contributed by atoms with Crippen LogP contribution >= 0.6 is 11.6 Å². The molecule has 1 aromatic carbocycles. The molecule has 128 valence electrons. The average molecular weight is 358 g/mol. The van der Waals surface area contributed by atoms with Gasteiger partial charge in [-0.1, -0.05) is 11.6 Å². The van der Waals surface area contributed by atoms with Crippen molar-refractivity contribution in [2.45, 2.75) is 12.5 Å². The van der Waals surface area contributed by atoms with Gasteiger partial charge in [0, 0.05) is 23.4 Å². The molecule has 1 aliphatic rings. The van der Waals surface area contributed by atoms with Crippen LogP contribution in [0.2, 0.25) is 5.15 Å². The number of benzene rings is 1. The molecule has 0 aliphatic carbocycles. The Labute approximate surface area is 149 Å². The van der Waals surface area contributed by atoms with Gasteiger partial charge in [0.05, 0.1) is 32.0 Å². The van der Waals surface area contributed by atoms with Crippen molar-refractivity contribution in [3.8, 4) is 11.5 Å². The molecule has 0 bridgehead atoms. The SMILES string of the molecule is COc1cc2cc(C3CC(c4ccco4)=NN3)c(Cl)nc2cc1OC. The molecule has 4 rings (SSSR count). The molecule has 7 heteroatoms. The van der Waals surface area contributed by atoms with Gasteiger partial charge in [-0.2, -0.15) is 5.10 Å². The van der Waals surface area contributed by atoms with E-state index in [0.29, 0.717) is 23.1 Å². The number of methoxy groups -OCH3 is 2. The second-order valence-corrected chi connectivity index (χ2v) is 6.05. The summed E-state index contributed by atoms with van der Waals surface area (Å²) < 4.78 is 16.1. The van der Waals surface area contributed by atoms with Crippen LogP contribution in [-0.2, 0) is 0 Å². The zero-order valence-corrected chi connectivity index (χ0v) is 14.5. The Morgan fingerprint density at radius 2 is 2.00 bits per heavy atom. The quantitative estimate of drug-likeness (QED) is 0.716. The molecule has 3 heterocycles. The normalized spacial score (nSPS) is 16.6. The highest BCUT2D eigenvalue weighted by Gasteiger charge is 2.25. The smallest absolute Gasteiger partial charge is 0.162 e. The number of hydrazone groups is 1. The fourth-order valence-electron chi connectivity index (χ4n) is 2.96. The summed E-state index contributed by atoms with van der Waals surface area (Å²) in [5.74, 6) is 2.03. The lowest BCUT2D eigenvalue weighted by molar-refractivity contribution is 0.356. The molecule has 0 fully saturated rings. The van der Waals surface area contributed by atoms with Crippen LogP contribution in [0.1, 0.15) is 23.8 Å². The highest BCUT2D eigenvalue weighted by molar-refractivity contribution is 6.30. The van der Waals surface area contributed by atoms with Gasteiger partial charge in [-0.25, -0.2) is 4.98 Å². The fourth-order valence-corrected chi connectivity index (χ4v) is 3.23. The number of hydrogen-bond donors (Lipinski definition) is 1. The van der Waals surface area contributed by atoms with Gasteiger partial charge >= 0.3 is 0 Å². The molecule has 0 radical (unpaired) electrons. The Morgan fingerprint density at radius 3 is 2.72 bits per heavy atom. The minimum atomic E-state index is -0.0578. The molecule has 0 saturated heterocycles. The van der Waals surface area contributed by atoms with Crippen molar-refractivity contribution in [1.29, 1.82) is 0 Å². The van der Waals surface area contributed by atoms with E-state index in [1.165, 1.54) is 0 Å². The summed E-state index contributed by atoms with van der Waals surface area (Å²) in [7, 11) is 3.20. The van der Waals surface area contributed by atoms with Gasteiger partial charge < -0.3 is 19.3 Å². The van der Waals surface area contributed by atoms with E-state index in [4.69, 9.17) is 25.5 Å². The largest absolute Gasteiger partial charge is 0.493 e. The van der Waals surface area contributed by atoms with Crippen LogP contribution in [0.3, 0.4) is 0 Å². The van der Waals surface area contributed by atoms with Crippen molar-refractivity contribution >= 4 is 28.2 Å². The van der Waals surface area contributed by atoms with E-state index in [1.807, 2.05) is 30.3 Å². The molecule has 0 saturated carbocycles. The first-order chi connectivity index (χ1) is 12.2.